The highest BCUT2D eigenvalue weighted by atomic mass is 19.1. The Kier molecular flexibility index (Phi) is 17.5. The number of rotatable bonds is 14. The van der Waals surface area contributed by atoms with Crippen LogP contribution in [0.4, 0.5) is 4.39 Å². The zero-order valence-corrected chi connectivity index (χ0v) is 23.2. The van der Waals surface area contributed by atoms with Crippen LogP contribution in [0.1, 0.15) is 75.1 Å². The van der Waals surface area contributed by atoms with Gasteiger partial charge in [0, 0.05) is 6.42 Å². The Bertz CT molecular complexity index is 951. The molecule has 5 heteroatoms. The van der Waals surface area contributed by atoms with E-state index < -0.39 is 5.97 Å². The van der Waals surface area contributed by atoms with Crippen molar-refractivity contribution in [1.82, 2.24) is 5.32 Å². The highest BCUT2D eigenvalue weighted by Crippen LogP contribution is 2.21. The molecule has 2 aromatic carbocycles. The number of allylic oxidation sites excluding steroid dienone is 4. The Morgan fingerprint density at radius 3 is 2.30 bits per heavy atom. The quantitative estimate of drug-likeness (QED) is 0.256. The van der Waals surface area contributed by atoms with Gasteiger partial charge >= 0.3 is 5.97 Å². The normalized spacial score (nSPS) is 12.0. The van der Waals surface area contributed by atoms with E-state index in [1.165, 1.54) is 28.7 Å². The Hall–Kier alpha value is -2.92. The van der Waals surface area contributed by atoms with E-state index in [-0.39, 0.29) is 6.42 Å². The fraction of sp³-hybridized carbons (Fsp3) is 0.469. The maximum absolute atomic E-state index is 10.8. The van der Waals surface area contributed by atoms with Crippen LogP contribution in [-0.2, 0) is 30.7 Å². The summed E-state index contributed by atoms with van der Waals surface area (Å²) >= 11 is 0. The molecule has 0 aliphatic heterocycles. The molecule has 0 atom stereocenters. The lowest BCUT2D eigenvalue weighted by Crippen LogP contribution is -2.16. The van der Waals surface area contributed by atoms with Crippen LogP contribution >= 0.6 is 0 Å². The smallest absolute Gasteiger partial charge is 0.303 e. The Morgan fingerprint density at radius 1 is 0.946 bits per heavy atom. The van der Waals surface area contributed by atoms with Crippen LogP contribution < -0.4 is 10.1 Å². The predicted octanol–water partition coefficient (Wildman–Crippen LogP) is 7.65. The van der Waals surface area contributed by atoms with Crippen molar-refractivity contribution in [2.24, 2.45) is 0 Å². The third-order valence-corrected chi connectivity index (χ3v) is 5.79. The van der Waals surface area contributed by atoms with Gasteiger partial charge in [0.15, 0.2) is 0 Å². The molecule has 0 bridgehead atoms. The molecule has 1 aliphatic carbocycles. The molecule has 0 radical (unpaired) electrons. The summed E-state index contributed by atoms with van der Waals surface area (Å²) < 4.78 is 15.6. The summed E-state index contributed by atoms with van der Waals surface area (Å²) in [5.74, 6) is 0.0364. The Balaban J connectivity index is 0.00000163. The molecule has 0 spiro atoms. The van der Waals surface area contributed by atoms with E-state index >= 15 is 0 Å². The first-order valence-corrected chi connectivity index (χ1v) is 13.6. The van der Waals surface area contributed by atoms with Crippen LogP contribution in [0.2, 0.25) is 0 Å². The molecule has 37 heavy (non-hydrogen) atoms. The van der Waals surface area contributed by atoms with Crippen LogP contribution in [-0.4, -0.2) is 31.3 Å². The molecular weight excluding hydrogens is 465 g/mol. The van der Waals surface area contributed by atoms with Crippen molar-refractivity contribution < 1.29 is 19.0 Å². The minimum Gasteiger partial charge on any atom is -0.489 e. The van der Waals surface area contributed by atoms with E-state index in [9.17, 15) is 9.18 Å². The largest absolute Gasteiger partial charge is 0.489 e. The summed E-state index contributed by atoms with van der Waals surface area (Å²) in [6, 6.07) is 14.7. The molecule has 0 aromatic heterocycles. The zero-order valence-electron chi connectivity index (χ0n) is 23.2. The van der Waals surface area contributed by atoms with Crippen molar-refractivity contribution in [1.29, 1.82) is 0 Å². The number of hydrogen-bond acceptors (Lipinski definition) is 3. The van der Waals surface area contributed by atoms with Gasteiger partial charge in [0.1, 0.15) is 12.4 Å². The molecule has 0 saturated carbocycles. The Labute approximate surface area is 223 Å². The van der Waals surface area contributed by atoms with Crippen LogP contribution in [0.3, 0.4) is 0 Å². The first-order chi connectivity index (χ1) is 18.1. The lowest BCUT2D eigenvalue weighted by Gasteiger charge is -2.13. The van der Waals surface area contributed by atoms with Crippen molar-refractivity contribution in [2.75, 3.05) is 20.3 Å². The Morgan fingerprint density at radius 2 is 1.65 bits per heavy atom. The molecule has 0 fully saturated rings. The van der Waals surface area contributed by atoms with Crippen molar-refractivity contribution in [3.63, 3.8) is 0 Å². The van der Waals surface area contributed by atoms with E-state index in [1.54, 1.807) is 0 Å². The molecule has 0 unspecified atom stereocenters. The van der Waals surface area contributed by atoms with Gasteiger partial charge in [-0.2, -0.15) is 0 Å². The van der Waals surface area contributed by atoms with Crippen molar-refractivity contribution in [3.05, 3.63) is 88.5 Å². The molecular formula is C32H46FNO3. The zero-order chi connectivity index (χ0) is 27.3. The number of halogens is 1. The average molecular weight is 512 g/mol. The number of carboxylic acid groups (broad SMARTS) is 1. The number of benzene rings is 2. The molecule has 1 aliphatic rings. The van der Waals surface area contributed by atoms with Gasteiger partial charge in [-0.15, -0.1) is 0 Å². The first-order valence-electron chi connectivity index (χ1n) is 13.6. The average Bonchev–Trinajstić information content (AvgIpc) is 2.94. The summed E-state index contributed by atoms with van der Waals surface area (Å²) in [6.07, 6.45) is 14.2. The number of carboxylic acids is 1. The molecule has 4 nitrogen and oxygen atoms in total. The lowest BCUT2D eigenvalue weighted by atomic mass is 9.95. The SMILES string of the molecule is CC.CCCNCCCc1cc(COc2ccc(CCC(=O)O)cc2)cc(CC2=CCCC=C2)c1.CF. The van der Waals surface area contributed by atoms with E-state index in [1.807, 2.05) is 38.1 Å². The number of aliphatic carboxylic acids is 1. The lowest BCUT2D eigenvalue weighted by molar-refractivity contribution is -0.136. The van der Waals surface area contributed by atoms with Gasteiger partial charge in [0.2, 0.25) is 0 Å². The van der Waals surface area contributed by atoms with Crippen LogP contribution in [0.25, 0.3) is 0 Å². The highest BCUT2D eigenvalue weighted by molar-refractivity contribution is 5.67. The number of ether oxygens (including phenoxy) is 1. The minimum absolute atomic E-state index is 0.148. The second-order valence-electron chi connectivity index (χ2n) is 8.77. The van der Waals surface area contributed by atoms with Crippen molar-refractivity contribution in [2.45, 2.75) is 78.7 Å². The predicted molar refractivity (Wildman–Crippen MR) is 153 cm³/mol. The van der Waals surface area contributed by atoms with Gasteiger partial charge in [0.05, 0.1) is 7.18 Å². The van der Waals surface area contributed by atoms with E-state index in [0.29, 0.717) is 20.2 Å². The number of carbonyl (C=O) groups is 1. The molecule has 2 aromatic rings. The van der Waals surface area contributed by atoms with E-state index in [2.05, 4.69) is 48.7 Å². The van der Waals surface area contributed by atoms with Crippen LogP contribution in [0.15, 0.2) is 66.3 Å². The fourth-order valence-electron chi connectivity index (χ4n) is 4.09. The van der Waals surface area contributed by atoms with E-state index in [0.717, 1.165) is 56.5 Å². The van der Waals surface area contributed by atoms with Gasteiger partial charge in [0.25, 0.3) is 0 Å². The number of hydrogen-bond donors (Lipinski definition) is 2. The third-order valence-electron chi connectivity index (χ3n) is 5.79. The summed E-state index contributed by atoms with van der Waals surface area (Å²) in [6.45, 7) is 8.85. The number of aryl methyl sites for hydroxylation is 2. The summed E-state index contributed by atoms with van der Waals surface area (Å²) in [5, 5.41) is 12.3. The molecule has 0 amide bonds. The maximum Gasteiger partial charge on any atom is 0.303 e. The second-order valence-corrected chi connectivity index (χ2v) is 8.77. The second kappa shape index (κ2) is 20.2. The summed E-state index contributed by atoms with van der Waals surface area (Å²) in [5.41, 5.74) is 6.31. The van der Waals surface area contributed by atoms with Crippen LogP contribution in [0.5, 0.6) is 5.75 Å². The number of alkyl halides is 1. The summed E-state index contributed by atoms with van der Waals surface area (Å²) in [7, 11) is 0.500. The maximum atomic E-state index is 10.8. The number of nitrogens with one attached hydrogen (secondary N) is 1. The molecule has 204 valence electrons. The van der Waals surface area contributed by atoms with Gasteiger partial charge in [-0.25, -0.2) is 0 Å². The molecule has 3 rings (SSSR count). The molecule has 0 saturated heterocycles. The third kappa shape index (κ3) is 13.8. The minimum atomic E-state index is -0.772. The topological polar surface area (TPSA) is 58.6 Å². The first kappa shape index (κ1) is 32.1. The molecule has 0 heterocycles. The van der Waals surface area contributed by atoms with Crippen molar-refractivity contribution >= 4 is 5.97 Å². The summed E-state index contributed by atoms with van der Waals surface area (Å²) in [4.78, 5) is 10.8. The van der Waals surface area contributed by atoms with E-state index in [4.69, 9.17) is 9.84 Å². The van der Waals surface area contributed by atoms with Crippen LogP contribution in [0, 0.1) is 0 Å². The van der Waals surface area contributed by atoms with Gasteiger partial charge < -0.3 is 15.2 Å². The fourth-order valence-corrected chi connectivity index (χ4v) is 4.09. The van der Waals surface area contributed by atoms with Gasteiger partial charge in [-0.1, -0.05) is 69.3 Å². The van der Waals surface area contributed by atoms with Gasteiger partial charge in [-0.3, -0.25) is 9.18 Å². The highest BCUT2D eigenvalue weighted by Gasteiger charge is 2.07. The molecule has 2 N–H and O–H groups in total. The monoisotopic (exact) mass is 511 g/mol. The van der Waals surface area contributed by atoms with Crippen molar-refractivity contribution in [3.8, 4) is 5.75 Å². The van der Waals surface area contributed by atoms with Gasteiger partial charge in [-0.05, 0) is 98.0 Å². The standard InChI is InChI=1S/C29H37NO3.C2H6.CH3F/c1-2-16-30-17-6-9-25-19-26(18-24-7-4-3-5-8-24)21-27(20-25)22-33-28-13-10-23(11-14-28)12-15-29(31)32;2*1-2/h4,7-8,10-11,13-14,19-21,30H,2-3,5-6,9,12,15-18,22H2,1H3,(H,31,32);1-2H3;1H3.